The number of ether oxygens (including phenoxy) is 1. The minimum absolute atomic E-state index is 0.0729. The van der Waals surface area contributed by atoms with Crippen molar-refractivity contribution in [3.05, 3.63) is 139 Å². The van der Waals surface area contributed by atoms with E-state index < -0.39 is 0 Å². The zero-order valence-corrected chi connectivity index (χ0v) is 35.3. The van der Waals surface area contributed by atoms with E-state index in [4.69, 9.17) is 4.74 Å². The first-order valence-electron chi connectivity index (χ1n) is 24.7. The summed E-state index contributed by atoms with van der Waals surface area (Å²) >= 11 is 0. The predicted molar refractivity (Wildman–Crippen MR) is 255 cm³/mol. The summed E-state index contributed by atoms with van der Waals surface area (Å²) in [5.74, 6) is 1.75. The number of rotatable bonds is 5. The van der Waals surface area contributed by atoms with E-state index in [-0.39, 0.29) is 22.2 Å². The van der Waals surface area contributed by atoms with Crippen LogP contribution in [0.5, 0.6) is 0 Å². The summed E-state index contributed by atoms with van der Waals surface area (Å²) in [5, 5.41) is 27.9. The molecule has 0 aromatic heterocycles. The summed E-state index contributed by atoms with van der Waals surface area (Å²) in [7, 11) is 1.58. The molecule has 11 aliphatic carbocycles. The van der Waals surface area contributed by atoms with Crippen molar-refractivity contribution in [1.29, 1.82) is 0 Å². The standard InChI is InChI=1S/C62H36O2/c1-64-34(63)8-5-13-60(31-6-3-2-4-7-31)61-56-24-11-9-22-14-26-17-27-18-28-19-30-21-33-32-20-29-15-23-10-12-25(16-24)57(61)41(23)53-39(29)47-43(32)42(33)46-37(30)44-35(28)36(27)45-38(26)52(40(22)56)58-54-50(45)48(44)49(46)51(47)55(54)59(53)62(58,60)61/h2-4,6-7,9-12,19,21,23,25-26,29H,5,8,13-18,20H2,1H3. The lowest BCUT2D eigenvalue weighted by molar-refractivity contribution is -0.140. The Balaban J connectivity index is 1.12. The van der Waals surface area contributed by atoms with Crippen LogP contribution in [0.25, 0.3) is 108 Å². The summed E-state index contributed by atoms with van der Waals surface area (Å²) < 4.78 is 5.46. The first-order chi connectivity index (χ1) is 31.6. The number of hydrogen-bond acceptors (Lipinski definition) is 2. The highest BCUT2D eigenvalue weighted by molar-refractivity contribution is 6.59. The van der Waals surface area contributed by atoms with Gasteiger partial charge < -0.3 is 4.74 Å². The number of carbonyl (C=O) groups is 1. The van der Waals surface area contributed by atoms with E-state index in [2.05, 4.69) is 66.7 Å². The Bertz CT molecular complexity index is 4540. The highest BCUT2D eigenvalue weighted by Crippen LogP contribution is 2.95. The molecule has 64 heavy (non-hydrogen) atoms. The van der Waals surface area contributed by atoms with E-state index in [9.17, 15) is 4.79 Å². The number of carbonyl (C=O) groups excluding carboxylic acids is 1. The van der Waals surface area contributed by atoms with E-state index in [1.807, 2.05) is 5.57 Å². The average molecular weight is 813 g/mol. The van der Waals surface area contributed by atoms with Crippen LogP contribution in [0.1, 0.15) is 105 Å². The van der Waals surface area contributed by atoms with Crippen molar-refractivity contribution in [3.8, 4) is 11.1 Å². The van der Waals surface area contributed by atoms with Crippen LogP contribution in [-0.4, -0.2) is 13.1 Å². The van der Waals surface area contributed by atoms with Crippen molar-refractivity contribution in [2.75, 3.05) is 7.11 Å². The molecule has 2 nitrogen and oxygen atoms in total. The second-order valence-corrected chi connectivity index (χ2v) is 23.1. The van der Waals surface area contributed by atoms with Crippen molar-refractivity contribution >= 4 is 103 Å². The summed E-state index contributed by atoms with van der Waals surface area (Å²) in [6, 6.07) is 22.7. The summed E-state index contributed by atoms with van der Waals surface area (Å²) in [5.41, 5.74) is 26.4. The molecule has 0 radical (unpaired) electrons. The second-order valence-electron chi connectivity index (χ2n) is 23.1. The van der Waals surface area contributed by atoms with Gasteiger partial charge in [0.15, 0.2) is 0 Å². The van der Waals surface area contributed by atoms with Crippen molar-refractivity contribution in [2.45, 2.75) is 85.9 Å². The smallest absolute Gasteiger partial charge is 0.305 e. The molecule has 11 aromatic carbocycles. The lowest BCUT2D eigenvalue weighted by Crippen LogP contribution is -2.44. The average Bonchev–Trinajstić information content (AvgIpc) is 3.63. The van der Waals surface area contributed by atoms with E-state index >= 15 is 0 Å². The molecule has 22 rings (SSSR count). The van der Waals surface area contributed by atoms with Crippen molar-refractivity contribution in [3.63, 3.8) is 0 Å². The predicted octanol–water partition coefficient (Wildman–Crippen LogP) is 12.6. The molecule has 11 aromatic rings. The van der Waals surface area contributed by atoms with Crippen LogP contribution in [0.4, 0.5) is 0 Å². The quantitative estimate of drug-likeness (QED) is 0.0749. The number of esters is 1. The minimum atomic E-state index is -0.251. The molecule has 296 valence electrons. The van der Waals surface area contributed by atoms with Crippen LogP contribution in [0.3, 0.4) is 0 Å². The normalized spacial score (nSPS) is 30.8. The van der Waals surface area contributed by atoms with Crippen LogP contribution in [0.2, 0.25) is 0 Å². The van der Waals surface area contributed by atoms with Crippen LogP contribution in [0.15, 0.2) is 72.3 Å². The van der Waals surface area contributed by atoms with Gasteiger partial charge in [-0.3, -0.25) is 4.79 Å². The maximum Gasteiger partial charge on any atom is 0.305 e. The van der Waals surface area contributed by atoms with Crippen LogP contribution < -0.4 is 5.22 Å². The van der Waals surface area contributed by atoms with Crippen LogP contribution in [-0.2, 0) is 51.5 Å². The SMILES string of the molecule is COC(=O)CCCC1(c2ccccc2)C23C4=C5c6c7c8c9c%10c%11cc%12cc%13c%14c%15c%16c%17c(c%18c%19c(c6C%1812)c8c1c(c%119)c%12c%14c1c%16%19)-c1c(ccc(c13)CC4C=CC5CC7C%10)CC%17CC=%15C%13. The molecule has 2 spiro atoms. The van der Waals surface area contributed by atoms with E-state index in [1.165, 1.54) is 30.2 Å². The first-order valence-corrected chi connectivity index (χ1v) is 24.7. The number of methoxy groups -OCH3 is 1. The maximum absolute atomic E-state index is 13.4. The molecule has 1 saturated carbocycles. The van der Waals surface area contributed by atoms with E-state index in [1.54, 1.807) is 171 Å². The molecular formula is C62H36O2. The van der Waals surface area contributed by atoms with Crippen molar-refractivity contribution in [2.24, 2.45) is 11.8 Å². The Morgan fingerprint density at radius 3 is 2.31 bits per heavy atom. The van der Waals surface area contributed by atoms with Gasteiger partial charge in [0.25, 0.3) is 0 Å². The van der Waals surface area contributed by atoms with Gasteiger partial charge in [-0.1, -0.05) is 66.3 Å². The number of allylic oxidation sites excluding steroid dienone is 4. The molecule has 0 aliphatic heterocycles. The largest absolute Gasteiger partial charge is 0.469 e. The van der Waals surface area contributed by atoms with Gasteiger partial charge in [0.2, 0.25) is 0 Å². The monoisotopic (exact) mass is 812 g/mol. The third kappa shape index (κ3) is 2.20. The van der Waals surface area contributed by atoms with Gasteiger partial charge in [0.05, 0.1) is 7.11 Å². The lowest BCUT2D eigenvalue weighted by atomic mass is 9.50. The summed E-state index contributed by atoms with van der Waals surface area (Å²) in [6.45, 7) is 0. The highest BCUT2D eigenvalue weighted by atomic mass is 16.5. The minimum Gasteiger partial charge on any atom is -0.469 e. The fourth-order valence-corrected chi connectivity index (χ4v) is 21.1. The number of fused-ring (bicyclic) bond motifs is 1. The number of benzene rings is 9. The van der Waals surface area contributed by atoms with Crippen LogP contribution >= 0.6 is 0 Å². The molecule has 7 unspecified atom stereocenters. The van der Waals surface area contributed by atoms with Gasteiger partial charge in [-0.2, -0.15) is 0 Å². The molecule has 0 heterocycles. The topological polar surface area (TPSA) is 26.3 Å². The highest BCUT2D eigenvalue weighted by Gasteiger charge is 2.94. The maximum atomic E-state index is 13.4. The Morgan fingerprint density at radius 1 is 0.641 bits per heavy atom. The zero-order chi connectivity index (χ0) is 40.3. The third-order valence-corrected chi connectivity index (χ3v) is 21.9. The summed E-state index contributed by atoms with van der Waals surface area (Å²) in [4.78, 5) is 13.4. The number of hydrogen-bond donors (Lipinski definition) is 0. The molecule has 0 bridgehead atoms. The molecule has 1 fully saturated rings. The molecular weight excluding hydrogens is 777 g/mol. The Morgan fingerprint density at radius 2 is 1.42 bits per heavy atom. The van der Waals surface area contributed by atoms with Gasteiger partial charge >= 0.3 is 5.97 Å². The van der Waals surface area contributed by atoms with Gasteiger partial charge in [0, 0.05) is 34.5 Å². The molecule has 0 saturated heterocycles. The summed E-state index contributed by atoms with van der Waals surface area (Å²) in [6.07, 6.45) is 14.6. The van der Waals surface area contributed by atoms with Crippen LogP contribution in [0, 0.1) is 11.8 Å². The van der Waals surface area contributed by atoms with E-state index in [0.29, 0.717) is 30.1 Å². The molecule has 2 heteroatoms. The Hall–Kier alpha value is -6.25. The van der Waals surface area contributed by atoms with Gasteiger partial charge in [0.1, 0.15) is 0 Å². The fraction of sp³-hybridized carbons (Fsp3) is 0.274. The third-order valence-electron chi connectivity index (χ3n) is 21.9. The molecule has 7 atom stereocenters. The fourth-order valence-electron chi connectivity index (χ4n) is 21.1. The lowest BCUT2D eigenvalue weighted by Gasteiger charge is -2.53. The second kappa shape index (κ2) is 8.19. The molecule has 0 amide bonds. The molecule has 11 aliphatic rings. The Labute approximate surface area is 365 Å². The first kappa shape index (κ1) is 30.0. The molecule has 0 N–H and O–H groups in total. The van der Waals surface area contributed by atoms with Crippen molar-refractivity contribution in [1.82, 2.24) is 0 Å². The zero-order valence-electron chi connectivity index (χ0n) is 35.3. The Kier molecular flexibility index (Phi) is 3.84. The van der Waals surface area contributed by atoms with E-state index in [0.717, 1.165) is 32.1 Å². The van der Waals surface area contributed by atoms with Crippen molar-refractivity contribution < 1.29 is 9.53 Å². The van der Waals surface area contributed by atoms with Gasteiger partial charge in [-0.05, 0) is 244 Å². The van der Waals surface area contributed by atoms with Gasteiger partial charge in [-0.25, -0.2) is 0 Å². The van der Waals surface area contributed by atoms with Gasteiger partial charge in [-0.15, -0.1) is 0 Å².